The van der Waals surface area contributed by atoms with Gasteiger partial charge in [0.15, 0.2) is 0 Å². The number of ether oxygens (including phenoxy) is 2. The van der Waals surface area contributed by atoms with Crippen LogP contribution in [0.3, 0.4) is 0 Å². The second kappa shape index (κ2) is 18.5. The van der Waals surface area contributed by atoms with Crippen LogP contribution in [-0.4, -0.2) is 141 Å². The summed E-state index contributed by atoms with van der Waals surface area (Å²) >= 11 is 0. The first-order chi connectivity index (χ1) is 22.0. The number of rotatable bonds is 17. The van der Waals surface area contributed by atoms with Crippen molar-refractivity contribution in [2.75, 3.05) is 41.4 Å². The Labute approximate surface area is 284 Å². The molecule has 2 radical (unpaired) electrons. The summed E-state index contributed by atoms with van der Waals surface area (Å²) in [6.45, 7) is 14.2. The van der Waals surface area contributed by atoms with Gasteiger partial charge in [-0.15, -0.1) is 0 Å². The van der Waals surface area contributed by atoms with E-state index in [9.17, 15) is 24.3 Å². The normalized spacial score (nSPS) is 24.5. The first kappa shape index (κ1) is 41.0. The van der Waals surface area contributed by atoms with Crippen molar-refractivity contribution in [3.63, 3.8) is 0 Å². The quantitative estimate of drug-likeness (QED) is 0.199. The van der Waals surface area contributed by atoms with Crippen molar-refractivity contribution in [1.82, 2.24) is 25.3 Å². The second-order valence-corrected chi connectivity index (χ2v) is 14.3. The van der Waals surface area contributed by atoms with Gasteiger partial charge in [-0.2, -0.15) is 0 Å². The summed E-state index contributed by atoms with van der Waals surface area (Å²) < 4.78 is 11.8. The minimum absolute atomic E-state index is 0.0296. The molecule has 2 heterocycles. The number of nitrogens with one attached hydrogen (secondary N) is 2. The molecule has 2 rings (SSSR count). The van der Waals surface area contributed by atoms with Gasteiger partial charge in [0.25, 0.3) is 0 Å². The molecule has 0 aliphatic carbocycles. The zero-order valence-electron chi connectivity index (χ0n) is 30.7. The molecule has 12 nitrogen and oxygen atoms in total. The van der Waals surface area contributed by atoms with Crippen molar-refractivity contribution in [2.24, 2.45) is 23.7 Å². The Balaban J connectivity index is 2.31. The highest BCUT2D eigenvalue weighted by Gasteiger charge is 2.46. The molecule has 0 aromatic carbocycles. The number of likely N-dealkylation sites (N-methyl/N-ethyl adjacent to an activating group) is 2. The fraction of sp³-hybridized carbons (Fsp3) is 0.882. The van der Waals surface area contributed by atoms with E-state index in [-0.39, 0.29) is 66.7 Å². The molecule has 13 heteroatoms. The van der Waals surface area contributed by atoms with E-state index >= 15 is 0 Å². The number of aliphatic hydroxyl groups is 1. The fourth-order valence-electron chi connectivity index (χ4n) is 7.37. The lowest BCUT2D eigenvalue weighted by atomic mass is 9.89. The lowest BCUT2D eigenvalue weighted by Gasteiger charge is -2.41. The van der Waals surface area contributed by atoms with Crippen LogP contribution in [-0.2, 0) is 28.7 Å². The number of hydrogen-bond donors (Lipinski definition) is 3. The fourth-order valence-corrected chi connectivity index (χ4v) is 7.37. The Kier molecular flexibility index (Phi) is 16.1. The summed E-state index contributed by atoms with van der Waals surface area (Å²) in [6, 6.07) is -2.23. The lowest BCUT2D eigenvalue weighted by molar-refractivity contribution is -0.149. The first-order valence-corrected chi connectivity index (χ1v) is 17.4. The molecular weight excluding hydrogens is 601 g/mol. The van der Waals surface area contributed by atoms with Crippen LogP contribution in [0.1, 0.15) is 80.6 Å². The Hall–Kier alpha value is -2.22. The maximum atomic E-state index is 14.1. The zero-order valence-corrected chi connectivity index (χ0v) is 30.7. The number of amides is 4. The van der Waals surface area contributed by atoms with Gasteiger partial charge in [-0.1, -0.05) is 54.9 Å². The zero-order chi connectivity index (χ0) is 35.7. The minimum Gasteiger partial charge on any atom is -0.391 e. The van der Waals surface area contributed by atoms with Gasteiger partial charge in [0.2, 0.25) is 23.6 Å². The number of methoxy groups -OCH3 is 2. The Morgan fingerprint density at radius 2 is 1.62 bits per heavy atom. The molecule has 268 valence electrons. The van der Waals surface area contributed by atoms with Crippen LogP contribution in [0.5, 0.6) is 0 Å². The Bertz CT molecular complexity index is 1050. The third-order valence-corrected chi connectivity index (χ3v) is 10.3. The molecule has 47 heavy (non-hydrogen) atoms. The van der Waals surface area contributed by atoms with E-state index in [0.29, 0.717) is 6.54 Å². The molecule has 2 aliphatic rings. The lowest BCUT2D eigenvalue weighted by Crippen LogP contribution is -2.59. The van der Waals surface area contributed by atoms with Crippen molar-refractivity contribution in [2.45, 2.75) is 129 Å². The van der Waals surface area contributed by atoms with Crippen molar-refractivity contribution in [1.29, 1.82) is 0 Å². The molecular formula is C34H62BN5O7. The van der Waals surface area contributed by atoms with Gasteiger partial charge < -0.3 is 39.9 Å². The number of nitrogens with zero attached hydrogens (tertiary/aromatic N) is 3. The van der Waals surface area contributed by atoms with Crippen LogP contribution in [0.4, 0.5) is 0 Å². The van der Waals surface area contributed by atoms with E-state index in [2.05, 4.69) is 10.6 Å². The highest BCUT2D eigenvalue weighted by Crippen LogP contribution is 2.31. The van der Waals surface area contributed by atoms with Crippen molar-refractivity contribution in [3.8, 4) is 0 Å². The Morgan fingerprint density at radius 3 is 2.09 bits per heavy atom. The average Bonchev–Trinajstić information content (AvgIpc) is 3.63. The van der Waals surface area contributed by atoms with Crippen molar-refractivity contribution in [3.05, 3.63) is 0 Å². The summed E-state index contributed by atoms with van der Waals surface area (Å²) in [7, 11) is 12.7. The predicted molar refractivity (Wildman–Crippen MR) is 182 cm³/mol. The molecule has 10 atom stereocenters. The number of hydrogen-bond acceptors (Lipinski definition) is 8. The predicted octanol–water partition coefficient (Wildman–Crippen LogP) is 1.38. The van der Waals surface area contributed by atoms with Gasteiger partial charge in [0.05, 0.1) is 56.6 Å². The van der Waals surface area contributed by atoms with Crippen molar-refractivity contribution < 1.29 is 33.8 Å². The maximum absolute atomic E-state index is 14.1. The summed E-state index contributed by atoms with van der Waals surface area (Å²) in [4.78, 5) is 59.6. The number of likely N-dealkylation sites (tertiary alicyclic amines) is 2. The van der Waals surface area contributed by atoms with Crippen LogP contribution in [0.25, 0.3) is 0 Å². The molecule has 2 saturated heterocycles. The van der Waals surface area contributed by atoms with Gasteiger partial charge in [-0.05, 0) is 50.0 Å². The van der Waals surface area contributed by atoms with E-state index < -0.39 is 48.4 Å². The molecule has 0 saturated carbocycles. The van der Waals surface area contributed by atoms with Crippen LogP contribution < -0.4 is 10.6 Å². The number of carbonyl (C=O) groups is 4. The number of carbonyl (C=O) groups excluding carboxylic acids is 4. The van der Waals surface area contributed by atoms with Gasteiger partial charge in [0.1, 0.15) is 6.04 Å². The first-order valence-electron chi connectivity index (χ1n) is 17.4. The smallest absolute Gasteiger partial charge is 0.245 e. The molecule has 3 N–H and O–H groups in total. The monoisotopic (exact) mass is 663 g/mol. The Morgan fingerprint density at radius 1 is 1.00 bits per heavy atom. The van der Waals surface area contributed by atoms with Crippen LogP contribution in [0.15, 0.2) is 0 Å². The summed E-state index contributed by atoms with van der Waals surface area (Å²) in [5, 5.41) is 16.7. The van der Waals surface area contributed by atoms with Gasteiger partial charge in [0, 0.05) is 34.4 Å². The standard InChI is InChI=1S/C34H62BN5O7/c1-12-21(6)30(38(9)34(45)29(20(4)5)37-32(43)28(36-8)19(2)3)25(46-10)17-27(42)40-18-23(41)16-24(40)31(47-11)22(7)33(44)39-15-13-14-26(39)35/h19-26,28-31,36,41H,12-18H2,1-11H3,(H,37,43)/t21-,22+,23+,24-,25+,26-,28-,29-,30-,31+/m0/s1. The molecule has 0 spiro atoms. The molecule has 0 bridgehead atoms. The van der Waals surface area contributed by atoms with Gasteiger partial charge in [-0.25, -0.2) is 0 Å². The number of β-amino-alcohol motifs (C(OH)–C–C–N with tert-alkyl or cyclic N) is 1. The molecule has 2 fully saturated rings. The third kappa shape index (κ3) is 9.92. The molecule has 0 aromatic rings. The van der Waals surface area contributed by atoms with E-state index in [1.54, 1.807) is 35.7 Å². The second-order valence-electron chi connectivity index (χ2n) is 14.3. The largest absolute Gasteiger partial charge is 0.391 e. The SMILES string of the molecule is [B][C@@H]1CCCN1C(=O)[C@H](C)[C@@H](OC)[C@@H]1C[C@@H](O)CN1C(=O)C[C@@H](OC)[C@H]([C@@H](C)CC)N(C)C(=O)[C@@H](NC(=O)[C@@H](NC)C(C)C)C(C)C. The van der Waals surface area contributed by atoms with E-state index in [1.165, 1.54) is 14.2 Å². The third-order valence-electron chi connectivity index (χ3n) is 10.3. The van der Waals surface area contributed by atoms with E-state index in [0.717, 1.165) is 19.3 Å². The summed E-state index contributed by atoms with van der Waals surface area (Å²) in [5.74, 6) is -1.99. The summed E-state index contributed by atoms with van der Waals surface area (Å²) in [6.07, 6.45) is 0.458. The van der Waals surface area contributed by atoms with Gasteiger partial charge >= 0.3 is 0 Å². The molecule has 4 amide bonds. The van der Waals surface area contributed by atoms with Crippen molar-refractivity contribution >= 4 is 31.5 Å². The average molecular weight is 664 g/mol. The molecule has 0 unspecified atom stereocenters. The number of aliphatic hydroxyl groups excluding tert-OH is 1. The van der Waals surface area contributed by atoms with Crippen LogP contribution >= 0.6 is 0 Å². The van der Waals surface area contributed by atoms with E-state index in [1.807, 2.05) is 41.5 Å². The van der Waals surface area contributed by atoms with Crippen LogP contribution in [0, 0.1) is 23.7 Å². The highest BCUT2D eigenvalue weighted by atomic mass is 16.5. The highest BCUT2D eigenvalue weighted by molar-refractivity contribution is 6.13. The molecule has 0 aromatic heterocycles. The molecule has 2 aliphatic heterocycles. The van der Waals surface area contributed by atoms with E-state index in [4.69, 9.17) is 17.3 Å². The maximum Gasteiger partial charge on any atom is 0.245 e. The van der Waals surface area contributed by atoms with Crippen LogP contribution in [0.2, 0.25) is 0 Å². The minimum atomic E-state index is -0.773. The summed E-state index contributed by atoms with van der Waals surface area (Å²) in [5.41, 5.74) is 0. The van der Waals surface area contributed by atoms with Gasteiger partial charge in [-0.3, -0.25) is 19.2 Å². The topological polar surface area (TPSA) is 141 Å².